The van der Waals surface area contributed by atoms with E-state index in [-0.39, 0.29) is 5.82 Å². The fourth-order valence-corrected chi connectivity index (χ4v) is 1.53. The van der Waals surface area contributed by atoms with E-state index >= 15 is 0 Å². The van der Waals surface area contributed by atoms with E-state index in [0.717, 1.165) is 5.82 Å². The monoisotopic (exact) mass is 235 g/mol. The van der Waals surface area contributed by atoms with Crippen molar-refractivity contribution < 1.29 is 9.13 Å². The SMILES string of the molecule is COc1cc(F)cc(NCc2nccn2C)c1. The number of nitrogens with one attached hydrogen (secondary N) is 1. The summed E-state index contributed by atoms with van der Waals surface area (Å²) in [6, 6.07) is 4.50. The molecule has 17 heavy (non-hydrogen) atoms. The summed E-state index contributed by atoms with van der Waals surface area (Å²) >= 11 is 0. The van der Waals surface area contributed by atoms with Gasteiger partial charge in [0.1, 0.15) is 17.4 Å². The minimum atomic E-state index is -0.327. The van der Waals surface area contributed by atoms with Crippen molar-refractivity contribution in [2.45, 2.75) is 6.54 Å². The van der Waals surface area contributed by atoms with Crippen molar-refractivity contribution >= 4 is 5.69 Å². The van der Waals surface area contributed by atoms with Crippen LogP contribution >= 0.6 is 0 Å². The minimum Gasteiger partial charge on any atom is -0.497 e. The Kier molecular flexibility index (Phi) is 3.27. The molecule has 2 aromatic rings. The Morgan fingerprint density at radius 3 is 2.88 bits per heavy atom. The Bertz CT molecular complexity index is 510. The summed E-state index contributed by atoms with van der Waals surface area (Å²) < 4.78 is 20.1. The lowest BCUT2D eigenvalue weighted by molar-refractivity contribution is 0.411. The smallest absolute Gasteiger partial charge is 0.128 e. The van der Waals surface area contributed by atoms with Crippen LogP contribution in [0.5, 0.6) is 5.75 Å². The number of hydrogen-bond acceptors (Lipinski definition) is 3. The third-order valence-corrected chi connectivity index (χ3v) is 2.48. The molecule has 0 saturated heterocycles. The quantitative estimate of drug-likeness (QED) is 0.882. The van der Waals surface area contributed by atoms with Crippen molar-refractivity contribution in [3.05, 3.63) is 42.2 Å². The summed E-state index contributed by atoms with van der Waals surface area (Å²) in [4.78, 5) is 4.17. The van der Waals surface area contributed by atoms with Crippen LogP contribution in [-0.4, -0.2) is 16.7 Å². The fourth-order valence-electron chi connectivity index (χ4n) is 1.53. The first-order valence-corrected chi connectivity index (χ1v) is 5.23. The van der Waals surface area contributed by atoms with Crippen LogP contribution in [0.3, 0.4) is 0 Å². The average molecular weight is 235 g/mol. The third-order valence-electron chi connectivity index (χ3n) is 2.48. The third kappa shape index (κ3) is 2.75. The number of nitrogens with zero attached hydrogens (tertiary/aromatic N) is 2. The number of rotatable bonds is 4. The molecule has 4 nitrogen and oxygen atoms in total. The average Bonchev–Trinajstić information content (AvgIpc) is 2.71. The molecule has 5 heteroatoms. The lowest BCUT2D eigenvalue weighted by Crippen LogP contribution is -2.05. The second-order valence-electron chi connectivity index (χ2n) is 3.69. The Labute approximate surface area is 99.1 Å². The zero-order valence-electron chi connectivity index (χ0n) is 9.77. The maximum atomic E-state index is 13.2. The highest BCUT2D eigenvalue weighted by Gasteiger charge is 2.02. The number of ether oxygens (including phenoxy) is 1. The maximum Gasteiger partial charge on any atom is 0.128 e. The zero-order chi connectivity index (χ0) is 12.3. The van der Waals surface area contributed by atoms with Crippen LogP contribution < -0.4 is 10.1 Å². The molecule has 0 unspecified atom stereocenters. The molecular weight excluding hydrogens is 221 g/mol. The topological polar surface area (TPSA) is 39.1 Å². The van der Waals surface area contributed by atoms with Crippen molar-refractivity contribution in [1.82, 2.24) is 9.55 Å². The molecule has 0 radical (unpaired) electrons. The highest BCUT2D eigenvalue weighted by Crippen LogP contribution is 2.20. The Morgan fingerprint density at radius 2 is 2.24 bits per heavy atom. The Balaban J connectivity index is 2.09. The number of aryl methyl sites for hydroxylation is 1. The number of methoxy groups -OCH3 is 1. The largest absolute Gasteiger partial charge is 0.497 e. The van der Waals surface area contributed by atoms with Gasteiger partial charge in [-0.15, -0.1) is 0 Å². The number of anilines is 1. The predicted octanol–water partition coefficient (Wildman–Crippen LogP) is 2.18. The lowest BCUT2D eigenvalue weighted by Gasteiger charge is -2.08. The van der Waals surface area contributed by atoms with E-state index < -0.39 is 0 Å². The molecule has 1 N–H and O–H groups in total. The summed E-state index contributed by atoms with van der Waals surface area (Å²) in [6.45, 7) is 0.538. The maximum absolute atomic E-state index is 13.2. The first-order valence-electron chi connectivity index (χ1n) is 5.23. The van der Waals surface area contributed by atoms with Crippen LogP contribution in [-0.2, 0) is 13.6 Å². The second-order valence-corrected chi connectivity index (χ2v) is 3.69. The van der Waals surface area contributed by atoms with E-state index in [1.165, 1.54) is 19.2 Å². The molecular formula is C12H14FN3O. The molecule has 0 atom stereocenters. The number of imidazole rings is 1. The van der Waals surface area contributed by atoms with E-state index in [9.17, 15) is 4.39 Å². The predicted molar refractivity (Wildman–Crippen MR) is 63.5 cm³/mol. The number of aromatic nitrogens is 2. The Morgan fingerprint density at radius 1 is 1.41 bits per heavy atom. The normalized spacial score (nSPS) is 10.3. The summed E-state index contributed by atoms with van der Waals surface area (Å²) in [6.07, 6.45) is 3.59. The van der Waals surface area contributed by atoms with Crippen molar-refractivity contribution in [1.29, 1.82) is 0 Å². The van der Waals surface area contributed by atoms with Crippen LogP contribution in [0.1, 0.15) is 5.82 Å². The molecule has 0 saturated carbocycles. The van der Waals surface area contributed by atoms with Crippen LogP contribution in [0.25, 0.3) is 0 Å². The number of hydrogen-bond donors (Lipinski definition) is 1. The van der Waals surface area contributed by atoms with Gasteiger partial charge in [-0.05, 0) is 6.07 Å². The van der Waals surface area contributed by atoms with Crippen LogP contribution in [0.15, 0.2) is 30.6 Å². The van der Waals surface area contributed by atoms with E-state index in [2.05, 4.69) is 10.3 Å². The molecule has 1 aromatic heterocycles. The molecule has 0 fully saturated rings. The van der Waals surface area contributed by atoms with Gasteiger partial charge >= 0.3 is 0 Å². The van der Waals surface area contributed by atoms with Gasteiger partial charge in [-0.2, -0.15) is 0 Å². The molecule has 0 amide bonds. The van der Waals surface area contributed by atoms with Gasteiger partial charge in [-0.25, -0.2) is 9.37 Å². The van der Waals surface area contributed by atoms with Gasteiger partial charge in [0.05, 0.1) is 13.7 Å². The van der Waals surface area contributed by atoms with Gasteiger partial charge in [0, 0.05) is 37.3 Å². The lowest BCUT2D eigenvalue weighted by atomic mass is 10.3. The summed E-state index contributed by atoms with van der Waals surface area (Å²) in [5.41, 5.74) is 0.671. The molecule has 1 heterocycles. The van der Waals surface area contributed by atoms with Gasteiger partial charge in [0.25, 0.3) is 0 Å². The second kappa shape index (κ2) is 4.86. The van der Waals surface area contributed by atoms with E-state index in [1.54, 1.807) is 12.3 Å². The van der Waals surface area contributed by atoms with E-state index in [0.29, 0.717) is 18.0 Å². The van der Waals surface area contributed by atoms with E-state index in [1.807, 2.05) is 17.8 Å². The molecule has 0 spiro atoms. The van der Waals surface area contributed by atoms with Gasteiger partial charge in [0.2, 0.25) is 0 Å². The van der Waals surface area contributed by atoms with Crippen molar-refractivity contribution in [3.8, 4) is 5.75 Å². The number of halogens is 1. The van der Waals surface area contributed by atoms with Crippen LogP contribution in [0.4, 0.5) is 10.1 Å². The molecule has 0 bridgehead atoms. The molecule has 90 valence electrons. The van der Waals surface area contributed by atoms with E-state index in [4.69, 9.17) is 4.74 Å². The fraction of sp³-hybridized carbons (Fsp3) is 0.250. The first kappa shape index (κ1) is 11.4. The molecule has 0 aliphatic rings. The van der Waals surface area contributed by atoms with Gasteiger partial charge in [-0.1, -0.05) is 0 Å². The van der Waals surface area contributed by atoms with Crippen molar-refractivity contribution in [3.63, 3.8) is 0 Å². The van der Waals surface area contributed by atoms with Gasteiger partial charge in [-0.3, -0.25) is 0 Å². The highest BCUT2D eigenvalue weighted by atomic mass is 19.1. The van der Waals surface area contributed by atoms with Crippen molar-refractivity contribution in [2.75, 3.05) is 12.4 Å². The summed E-state index contributed by atoms with van der Waals surface area (Å²) in [7, 11) is 3.42. The first-order chi connectivity index (χ1) is 8.19. The number of benzene rings is 1. The van der Waals surface area contributed by atoms with Crippen molar-refractivity contribution in [2.24, 2.45) is 7.05 Å². The summed E-state index contributed by atoms with van der Waals surface area (Å²) in [5.74, 6) is 1.05. The summed E-state index contributed by atoms with van der Waals surface area (Å²) in [5, 5.41) is 3.10. The zero-order valence-corrected chi connectivity index (χ0v) is 9.77. The standard InChI is InChI=1S/C12H14FN3O/c1-16-4-3-14-12(16)8-15-10-5-9(13)6-11(7-10)17-2/h3-7,15H,8H2,1-2H3. The van der Waals surface area contributed by atoms with Crippen LogP contribution in [0, 0.1) is 5.82 Å². The van der Waals surface area contributed by atoms with Gasteiger partial charge in [0.15, 0.2) is 0 Å². The van der Waals surface area contributed by atoms with Crippen LogP contribution in [0.2, 0.25) is 0 Å². The molecule has 1 aromatic carbocycles. The molecule has 0 aliphatic carbocycles. The highest BCUT2D eigenvalue weighted by molar-refractivity contribution is 5.48. The van der Waals surface area contributed by atoms with Gasteiger partial charge < -0.3 is 14.6 Å². The minimum absolute atomic E-state index is 0.327. The Hall–Kier alpha value is -2.04. The molecule has 2 rings (SSSR count). The molecule has 0 aliphatic heterocycles.